The Morgan fingerprint density at radius 1 is 1.37 bits per heavy atom. The summed E-state index contributed by atoms with van der Waals surface area (Å²) >= 11 is 3.18. The molecule has 5 heteroatoms. The van der Waals surface area contributed by atoms with E-state index in [1.807, 2.05) is 13.0 Å². The van der Waals surface area contributed by atoms with Crippen LogP contribution in [0.3, 0.4) is 0 Å². The zero-order chi connectivity index (χ0) is 13.8. The van der Waals surface area contributed by atoms with Gasteiger partial charge >= 0.3 is 0 Å². The highest BCUT2D eigenvalue weighted by atomic mass is 79.9. The van der Waals surface area contributed by atoms with E-state index in [1.165, 1.54) is 6.07 Å². The van der Waals surface area contributed by atoms with Crippen molar-refractivity contribution in [3.8, 4) is 0 Å². The summed E-state index contributed by atoms with van der Waals surface area (Å²) in [5.41, 5.74) is 0.876. The van der Waals surface area contributed by atoms with Gasteiger partial charge in [-0.3, -0.25) is 9.78 Å². The minimum atomic E-state index is -0.551. The van der Waals surface area contributed by atoms with E-state index < -0.39 is 11.7 Å². The van der Waals surface area contributed by atoms with Gasteiger partial charge in [0.1, 0.15) is 5.82 Å². The number of carbonyl (C=O) groups is 1. The van der Waals surface area contributed by atoms with Crippen LogP contribution in [-0.2, 0) is 0 Å². The van der Waals surface area contributed by atoms with Crippen LogP contribution in [0.2, 0.25) is 0 Å². The number of amides is 1. The minimum Gasteiger partial charge on any atom is -0.345 e. The second-order valence-corrected chi connectivity index (χ2v) is 4.93. The molecule has 1 N–H and O–H groups in total. The molecule has 0 fully saturated rings. The maximum absolute atomic E-state index is 13.7. The largest absolute Gasteiger partial charge is 0.345 e. The number of rotatable bonds is 3. The quantitative estimate of drug-likeness (QED) is 0.940. The summed E-state index contributed by atoms with van der Waals surface area (Å²) in [4.78, 5) is 16.1. The van der Waals surface area contributed by atoms with Crippen molar-refractivity contribution in [1.82, 2.24) is 10.3 Å². The molecule has 0 radical (unpaired) electrons. The van der Waals surface area contributed by atoms with Crippen LogP contribution in [0.1, 0.15) is 28.9 Å². The Balaban J connectivity index is 2.18. The zero-order valence-corrected chi connectivity index (χ0v) is 11.8. The molecule has 1 aromatic heterocycles. The van der Waals surface area contributed by atoms with Crippen LogP contribution in [0.4, 0.5) is 4.39 Å². The summed E-state index contributed by atoms with van der Waals surface area (Å²) in [6.45, 7) is 1.82. The lowest BCUT2D eigenvalue weighted by molar-refractivity contribution is 0.0935. The zero-order valence-electron chi connectivity index (χ0n) is 10.2. The van der Waals surface area contributed by atoms with Crippen molar-refractivity contribution >= 4 is 21.8 Å². The molecule has 3 nitrogen and oxygen atoms in total. The monoisotopic (exact) mass is 322 g/mol. The number of nitrogens with one attached hydrogen (secondary N) is 1. The van der Waals surface area contributed by atoms with Crippen LogP contribution in [0.25, 0.3) is 0 Å². The maximum atomic E-state index is 13.7. The first-order valence-electron chi connectivity index (χ1n) is 5.74. The van der Waals surface area contributed by atoms with Gasteiger partial charge in [0.25, 0.3) is 5.91 Å². The lowest BCUT2D eigenvalue weighted by Crippen LogP contribution is -2.27. The molecule has 98 valence electrons. The molecule has 19 heavy (non-hydrogen) atoms. The first-order chi connectivity index (χ1) is 9.09. The highest BCUT2D eigenvalue weighted by molar-refractivity contribution is 9.10. The summed E-state index contributed by atoms with van der Waals surface area (Å²) in [6.07, 6.45) is 3.33. The molecule has 0 bridgehead atoms. The standard InChI is InChI=1S/C14H12BrFN2O/c1-9(10-4-3-7-17-8-10)18-14(19)13-11(15)5-2-6-12(13)16/h2-9H,1H3,(H,18,19)/t9-/m0/s1. The van der Waals surface area contributed by atoms with Crippen molar-refractivity contribution in [3.05, 3.63) is 64.1 Å². The topological polar surface area (TPSA) is 42.0 Å². The number of halogens is 2. The second kappa shape index (κ2) is 5.93. The van der Waals surface area contributed by atoms with E-state index in [9.17, 15) is 9.18 Å². The molecule has 1 aromatic carbocycles. The summed E-state index contributed by atoms with van der Waals surface area (Å²) in [7, 11) is 0. The fourth-order valence-corrected chi connectivity index (χ4v) is 2.22. The molecule has 0 aliphatic rings. The summed E-state index contributed by atoms with van der Waals surface area (Å²) in [5, 5.41) is 2.75. The number of aromatic nitrogens is 1. The SMILES string of the molecule is C[C@H](NC(=O)c1c(F)cccc1Br)c1cccnc1. The lowest BCUT2D eigenvalue weighted by atomic mass is 10.1. The summed E-state index contributed by atoms with van der Waals surface area (Å²) < 4.78 is 14.1. The molecule has 1 heterocycles. The van der Waals surface area contributed by atoms with Gasteiger partial charge in [-0.15, -0.1) is 0 Å². The molecule has 2 rings (SSSR count). The van der Waals surface area contributed by atoms with E-state index in [0.717, 1.165) is 5.56 Å². The van der Waals surface area contributed by atoms with Crippen molar-refractivity contribution in [2.75, 3.05) is 0 Å². The average Bonchev–Trinajstić information content (AvgIpc) is 2.39. The van der Waals surface area contributed by atoms with E-state index in [0.29, 0.717) is 4.47 Å². The molecule has 0 aliphatic carbocycles. The van der Waals surface area contributed by atoms with Gasteiger partial charge in [0.2, 0.25) is 0 Å². The Morgan fingerprint density at radius 2 is 2.16 bits per heavy atom. The highest BCUT2D eigenvalue weighted by Gasteiger charge is 2.17. The fourth-order valence-electron chi connectivity index (χ4n) is 1.70. The molecule has 2 aromatic rings. The third-order valence-electron chi connectivity index (χ3n) is 2.72. The number of hydrogen-bond donors (Lipinski definition) is 1. The van der Waals surface area contributed by atoms with E-state index in [4.69, 9.17) is 0 Å². The molecular weight excluding hydrogens is 311 g/mol. The van der Waals surface area contributed by atoms with Crippen LogP contribution < -0.4 is 5.32 Å². The van der Waals surface area contributed by atoms with Gasteiger partial charge in [0.15, 0.2) is 0 Å². The predicted octanol–water partition coefficient (Wildman–Crippen LogP) is 3.47. The number of nitrogens with zero attached hydrogens (tertiary/aromatic N) is 1. The maximum Gasteiger partial charge on any atom is 0.255 e. The van der Waals surface area contributed by atoms with Crippen molar-refractivity contribution in [2.24, 2.45) is 0 Å². The van der Waals surface area contributed by atoms with Crippen LogP contribution in [0.15, 0.2) is 47.2 Å². The molecule has 0 unspecified atom stereocenters. The second-order valence-electron chi connectivity index (χ2n) is 4.08. The predicted molar refractivity (Wildman–Crippen MR) is 74.2 cm³/mol. The van der Waals surface area contributed by atoms with Gasteiger partial charge in [0, 0.05) is 16.9 Å². The van der Waals surface area contributed by atoms with Crippen molar-refractivity contribution in [1.29, 1.82) is 0 Å². The number of hydrogen-bond acceptors (Lipinski definition) is 2. The van der Waals surface area contributed by atoms with Gasteiger partial charge in [-0.2, -0.15) is 0 Å². The molecule has 0 spiro atoms. The van der Waals surface area contributed by atoms with Crippen LogP contribution >= 0.6 is 15.9 Å². The smallest absolute Gasteiger partial charge is 0.255 e. The van der Waals surface area contributed by atoms with Gasteiger partial charge in [-0.05, 0) is 46.6 Å². The fraction of sp³-hybridized carbons (Fsp3) is 0.143. The Bertz CT molecular complexity index is 569. The molecule has 0 saturated carbocycles. The number of carbonyl (C=O) groups excluding carboxylic acids is 1. The Morgan fingerprint density at radius 3 is 2.79 bits per heavy atom. The lowest BCUT2D eigenvalue weighted by Gasteiger charge is -2.14. The normalized spacial score (nSPS) is 11.9. The van der Waals surface area contributed by atoms with E-state index in [-0.39, 0.29) is 11.6 Å². The van der Waals surface area contributed by atoms with E-state index >= 15 is 0 Å². The van der Waals surface area contributed by atoms with E-state index in [2.05, 4.69) is 26.2 Å². The summed E-state index contributed by atoms with van der Waals surface area (Å²) in [6, 6.07) is 7.83. The Labute approximate surface area is 119 Å². The van der Waals surface area contributed by atoms with E-state index in [1.54, 1.807) is 30.6 Å². The van der Waals surface area contributed by atoms with Crippen LogP contribution in [-0.4, -0.2) is 10.9 Å². The van der Waals surface area contributed by atoms with Gasteiger partial charge < -0.3 is 5.32 Å². The van der Waals surface area contributed by atoms with Crippen LogP contribution in [0.5, 0.6) is 0 Å². The van der Waals surface area contributed by atoms with Gasteiger partial charge in [-0.25, -0.2) is 4.39 Å². The molecule has 0 saturated heterocycles. The van der Waals surface area contributed by atoms with Crippen molar-refractivity contribution in [2.45, 2.75) is 13.0 Å². The third kappa shape index (κ3) is 3.17. The van der Waals surface area contributed by atoms with Gasteiger partial charge in [-0.1, -0.05) is 12.1 Å². The molecule has 1 amide bonds. The van der Waals surface area contributed by atoms with Crippen molar-refractivity contribution in [3.63, 3.8) is 0 Å². The number of pyridine rings is 1. The molecule has 0 aliphatic heterocycles. The third-order valence-corrected chi connectivity index (χ3v) is 3.38. The Hall–Kier alpha value is -1.75. The van der Waals surface area contributed by atoms with Gasteiger partial charge in [0.05, 0.1) is 11.6 Å². The van der Waals surface area contributed by atoms with Crippen LogP contribution in [0, 0.1) is 5.82 Å². The molecule has 1 atom stereocenters. The molecular formula is C14H12BrFN2O. The summed E-state index contributed by atoms with van der Waals surface area (Å²) in [5.74, 6) is -1.01. The highest BCUT2D eigenvalue weighted by Crippen LogP contribution is 2.20. The average molecular weight is 323 g/mol. The number of benzene rings is 1. The first-order valence-corrected chi connectivity index (χ1v) is 6.53. The van der Waals surface area contributed by atoms with Crippen molar-refractivity contribution < 1.29 is 9.18 Å². The minimum absolute atomic E-state index is 0.0123. The first kappa shape index (κ1) is 13.7. The Kier molecular flexibility index (Phi) is 4.27.